The molecule has 21 heavy (non-hydrogen) atoms. The van der Waals surface area contributed by atoms with Gasteiger partial charge in [-0.1, -0.05) is 24.3 Å². The molecule has 5 heteroatoms. The number of nitrogen functional groups attached to an aromatic ring is 1. The molecule has 0 amide bonds. The lowest BCUT2D eigenvalue weighted by Crippen LogP contribution is -2.15. The third-order valence-electron chi connectivity index (χ3n) is 4.47. The normalized spacial score (nSPS) is 15.0. The van der Waals surface area contributed by atoms with E-state index in [1.54, 1.807) is 0 Å². The van der Waals surface area contributed by atoms with Crippen LogP contribution in [-0.2, 0) is 19.4 Å². The summed E-state index contributed by atoms with van der Waals surface area (Å²) in [5.41, 5.74) is 12.0. The van der Waals surface area contributed by atoms with Crippen molar-refractivity contribution >= 4 is 17.1 Å². The maximum atomic E-state index is 6.22. The van der Waals surface area contributed by atoms with E-state index >= 15 is 0 Å². The molecule has 0 atom stereocenters. The number of imidazole rings is 1. The van der Waals surface area contributed by atoms with Gasteiger partial charge in [0.1, 0.15) is 5.52 Å². The molecule has 0 spiro atoms. The smallest absolute Gasteiger partial charge is 0.202 e. The van der Waals surface area contributed by atoms with Crippen LogP contribution in [0.2, 0.25) is 0 Å². The molecule has 1 aromatic carbocycles. The Kier molecular flexibility index (Phi) is 2.58. The van der Waals surface area contributed by atoms with E-state index in [4.69, 9.17) is 5.73 Å². The SMILES string of the molecule is CCn1nc(C)c2nc(N)n(C3Cc4ccccc4C3)c21. The third-order valence-corrected chi connectivity index (χ3v) is 4.47. The molecule has 2 heterocycles. The van der Waals surface area contributed by atoms with E-state index in [9.17, 15) is 0 Å². The standard InChI is InChI=1S/C16H19N5/c1-3-20-15-14(10(2)19-20)18-16(17)21(15)13-8-11-6-4-5-7-12(11)9-13/h4-7,13H,3,8-9H2,1-2H3,(H2,17,18). The first-order valence-corrected chi connectivity index (χ1v) is 7.46. The van der Waals surface area contributed by atoms with Gasteiger partial charge in [-0.15, -0.1) is 0 Å². The van der Waals surface area contributed by atoms with E-state index in [-0.39, 0.29) is 0 Å². The predicted octanol–water partition coefficient (Wildman–Crippen LogP) is 2.48. The van der Waals surface area contributed by atoms with E-state index in [0.717, 1.165) is 36.2 Å². The van der Waals surface area contributed by atoms with Gasteiger partial charge in [-0.3, -0.25) is 4.57 Å². The largest absolute Gasteiger partial charge is 0.369 e. The van der Waals surface area contributed by atoms with Crippen LogP contribution in [-0.4, -0.2) is 19.3 Å². The minimum Gasteiger partial charge on any atom is -0.369 e. The van der Waals surface area contributed by atoms with Crippen LogP contribution in [0, 0.1) is 6.92 Å². The monoisotopic (exact) mass is 281 g/mol. The predicted molar refractivity (Wildman–Crippen MR) is 83.2 cm³/mol. The van der Waals surface area contributed by atoms with E-state index in [1.807, 2.05) is 11.6 Å². The van der Waals surface area contributed by atoms with Crippen LogP contribution >= 0.6 is 0 Å². The first-order chi connectivity index (χ1) is 10.2. The van der Waals surface area contributed by atoms with Gasteiger partial charge in [0, 0.05) is 12.6 Å². The van der Waals surface area contributed by atoms with E-state index < -0.39 is 0 Å². The van der Waals surface area contributed by atoms with Crippen molar-refractivity contribution in [2.24, 2.45) is 0 Å². The summed E-state index contributed by atoms with van der Waals surface area (Å²) < 4.78 is 4.19. The molecule has 0 saturated heterocycles. The Morgan fingerprint density at radius 1 is 1.24 bits per heavy atom. The summed E-state index contributed by atoms with van der Waals surface area (Å²) in [6.45, 7) is 4.92. The Balaban J connectivity index is 1.86. The van der Waals surface area contributed by atoms with E-state index in [1.165, 1.54) is 11.1 Å². The highest BCUT2D eigenvalue weighted by Gasteiger charge is 2.28. The van der Waals surface area contributed by atoms with Gasteiger partial charge in [0.2, 0.25) is 5.95 Å². The van der Waals surface area contributed by atoms with Gasteiger partial charge in [-0.25, -0.2) is 9.67 Å². The summed E-state index contributed by atoms with van der Waals surface area (Å²) in [5.74, 6) is 0.602. The second kappa shape index (κ2) is 4.35. The Labute approximate surface area is 123 Å². The molecule has 5 nitrogen and oxygen atoms in total. The van der Waals surface area contributed by atoms with Crippen molar-refractivity contribution in [3.8, 4) is 0 Å². The summed E-state index contributed by atoms with van der Waals surface area (Å²) in [5, 5.41) is 4.57. The number of hydrogen-bond donors (Lipinski definition) is 1. The first-order valence-electron chi connectivity index (χ1n) is 7.46. The Bertz CT molecular complexity index is 802. The fraction of sp³-hybridized carbons (Fsp3) is 0.375. The summed E-state index contributed by atoms with van der Waals surface area (Å²) in [7, 11) is 0. The maximum absolute atomic E-state index is 6.22. The van der Waals surface area contributed by atoms with Crippen LogP contribution < -0.4 is 5.73 Å². The quantitative estimate of drug-likeness (QED) is 0.785. The van der Waals surface area contributed by atoms with Gasteiger partial charge in [-0.05, 0) is 37.8 Å². The number of hydrogen-bond acceptors (Lipinski definition) is 3. The molecule has 1 aliphatic rings. The number of benzene rings is 1. The number of fused-ring (bicyclic) bond motifs is 2. The summed E-state index contributed by atoms with van der Waals surface area (Å²) in [6.07, 6.45) is 2.03. The number of nitrogens with zero attached hydrogens (tertiary/aromatic N) is 4. The van der Waals surface area contributed by atoms with Gasteiger partial charge in [0.25, 0.3) is 0 Å². The van der Waals surface area contributed by atoms with Gasteiger partial charge in [-0.2, -0.15) is 5.10 Å². The zero-order chi connectivity index (χ0) is 14.6. The number of aromatic nitrogens is 4. The fourth-order valence-electron chi connectivity index (χ4n) is 3.50. The van der Waals surface area contributed by atoms with Gasteiger partial charge >= 0.3 is 0 Å². The number of anilines is 1. The van der Waals surface area contributed by atoms with Crippen molar-refractivity contribution in [2.45, 2.75) is 39.3 Å². The fourth-order valence-corrected chi connectivity index (χ4v) is 3.50. The van der Waals surface area contributed by atoms with Crippen molar-refractivity contribution in [1.82, 2.24) is 19.3 Å². The van der Waals surface area contributed by atoms with Crippen molar-refractivity contribution in [2.75, 3.05) is 5.73 Å². The summed E-state index contributed by atoms with van der Waals surface area (Å²) >= 11 is 0. The highest BCUT2D eigenvalue weighted by molar-refractivity contribution is 5.78. The Hall–Kier alpha value is -2.30. The molecule has 1 aliphatic carbocycles. The molecule has 0 saturated carbocycles. The molecule has 4 rings (SSSR count). The lowest BCUT2D eigenvalue weighted by molar-refractivity contribution is 0.529. The molecule has 108 valence electrons. The number of rotatable bonds is 2. The summed E-state index contributed by atoms with van der Waals surface area (Å²) in [4.78, 5) is 4.55. The Morgan fingerprint density at radius 2 is 1.90 bits per heavy atom. The van der Waals surface area contributed by atoms with Crippen LogP contribution in [0.1, 0.15) is 29.8 Å². The molecule has 0 radical (unpaired) electrons. The van der Waals surface area contributed by atoms with Crippen molar-refractivity contribution in [3.63, 3.8) is 0 Å². The lowest BCUT2D eigenvalue weighted by atomic mass is 10.1. The minimum absolute atomic E-state index is 0.341. The second-order valence-corrected chi connectivity index (χ2v) is 5.74. The van der Waals surface area contributed by atoms with Crippen LogP contribution in [0.4, 0.5) is 5.95 Å². The molecule has 3 aromatic rings. The van der Waals surface area contributed by atoms with Crippen LogP contribution in [0.5, 0.6) is 0 Å². The first kappa shape index (κ1) is 12.4. The van der Waals surface area contributed by atoms with Crippen LogP contribution in [0.3, 0.4) is 0 Å². The van der Waals surface area contributed by atoms with Crippen molar-refractivity contribution in [1.29, 1.82) is 0 Å². The molecule has 0 fully saturated rings. The van der Waals surface area contributed by atoms with E-state index in [2.05, 4.69) is 45.8 Å². The zero-order valence-corrected chi connectivity index (χ0v) is 12.4. The second-order valence-electron chi connectivity index (χ2n) is 5.74. The maximum Gasteiger partial charge on any atom is 0.202 e. The molecule has 2 aromatic heterocycles. The number of nitrogens with two attached hydrogens (primary N) is 1. The van der Waals surface area contributed by atoms with Gasteiger partial charge < -0.3 is 5.73 Å². The zero-order valence-electron chi connectivity index (χ0n) is 12.4. The lowest BCUT2D eigenvalue weighted by Gasteiger charge is -2.15. The molecular formula is C16H19N5. The van der Waals surface area contributed by atoms with Gasteiger partial charge in [0.05, 0.1) is 5.69 Å². The molecule has 0 unspecified atom stereocenters. The van der Waals surface area contributed by atoms with Gasteiger partial charge in [0.15, 0.2) is 5.65 Å². The number of aryl methyl sites for hydroxylation is 2. The summed E-state index contributed by atoms with van der Waals surface area (Å²) in [6, 6.07) is 8.97. The molecular weight excluding hydrogens is 262 g/mol. The average molecular weight is 281 g/mol. The molecule has 2 N–H and O–H groups in total. The topological polar surface area (TPSA) is 61.7 Å². The average Bonchev–Trinajstić information content (AvgIpc) is 3.12. The molecule has 0 aliphatic heterocycles. The van der Waals surface area contributed by atoms with Crippen LogP contribution in [0.25, 0.3) is 11.2 Å². The highest BCUT2D eigenvalue weighted by Crippen LogP contribution is 2.34. The Morgan fingerprint density at radius 3 is 2.52 bits per heavy atom. The third kappa shape index (κ3) is 1.70. The van der Waals surface area contributed by atoms with Crippen LogP contribution in [0.15, 0.2) is 24.3 Å². The highest BCUT2D eigenvalue weighted by atomic mass is 15.4. The minimum atomic E-state index is 0.341. The van der Waals surface area contributed by atoms with Crippen molar-refractivity contribution in [3.05, 3.63) is 41.1 Å². The van der Waals surface area contributed by atoms with Crippen molar-refractivity contribution < 1.29 is 0 Å². The van der Waals surface area contributed by atoms with E-state index in [0.29, 0.717) is 12.0 Å². The molecule has 0 bridgehead atoms.